The fourth-order valence-corrected chi connectivity index (χ4v) is 9.91. The van der Waals surface area contributed by atoms with Crippen LogP contribution in [0.3, 0.4) is 0 Å². The maximum Gasteiger partial charge on any atom is 0.519 e. The second kappa shape index (κ2) is 18.7. The minimum absolute atomic E-state index is 0.382. The van der Waals surface area contributed by atoms with Gasteiger partial charge in [-0.3, -0.25) is 0 Å². The third-order valence-corrected chi connectivity index (χ3v) is 12.6. The van der Waals surface area contributed by atoms with Gasteiger partial charge in [-0.25, -0.2) is 4.79 Å². The van der Waals surface area contributed by atoms with Gasteiger partial charge in [0.05, 0.1) is 10.8 Å². The lowest BCUT2D eigenvalue weighted by atomic mass is 9.63. The number of para-hydroxylation sites is 2. The second-order valence-corrected chi connectivity index (χ2v) is 16.2. The van der Waals surface area contributed by atoms with Crippen molar-refractivity contribution in [3.8, 4) is 33.8 Å². The number of rotatable bonds is 12. The van der Waals surface area contributed by atoms with Crippen LogP contribution < -0.4 is 9.47 Å². The van der Waals surface area contributed by atoms with Crippen LogP contribution in [-0.4, -0.2) is 6.16 Å². The van der Waals surface area contributed by atoms with Crippen LogP contribution in [0.4, 0.5) is 4.79 Å². The Morgan fingerprint density at radius 3 is 0.727 bits per heavy atom. The number of hydrogen-bond donors (Lipinski definition) is 0. The van der Waals surface area contributed by atoms with Gasteiger partial charge in [-0.1, -0.05) is 267 Å². The van der Waals surface area contributed by atoms with Gasteiger partial charge in [-0.2, -0.15) is 0 Å². The first kappa shape index (κ1) is 41.5. The molecule has 0 N–H and O–H groups in total. The van der Waals surface area contributed by atoms with Crippen LogP contribution >= 0.6 is 0 Å². The van der Waals surface area contributed by atoms with Crippen LogP contribution in [-0.2, 0) is 10.8 Å². The summed E-state index contributed by atoms with van der Waals surface area (Å²) in [5.41, 5.74) is 10.7. The van der Waals surface area contributed by atoms with E-state index in [4.69, 9.17) is 9.47 Å². The Balaban J connectivity index is 1.07. The summed E-state index contributed by atoms with van der Waals surface area (Å²) in [7, 11) is 0. The van der Waals surface area contributed by atoms with Gasteiger partial charge in [-0.15, -0.1) is 0 Å². The molecule has 0 aromatic heterocycles. The smallest absolute Gasteiger partial charge is 0.394 e. The molecule has 0 saturated heterocycles. The molecular weight excluding hydrogens is 805 g/mol. The Morgan fingerprint density at radius 2 is 0.455 bits per heavy atom. The Kier molecular flexibility index (Phi) is 11.7. The minimum atomic E-state index is -0.842. The predicted molar refractivity (Wildman–Crippen MR) is 267 cm³/mol. The summed E-state index contributed by atoms with van der Waals surface area (Å²) in [4.78, 5) is 14.4. The summed E-state index contributed by atoms with van der Waals surface area (Å²) < 4.78 is 12.6. The van der Waals surface area contributed by atoms with Crippen LogP contribution in [0.2, 0.25) is 0 Å². The first-order valence-corrected chi connectivity index (χ1v) is 22.3. The van der Waals surface area contributed by atoms with Crippen molar-refractivity contribution in [3.05, 3.63) is 324 Å². The summed E-state index contributed by atoms with van der Waals surface area (Å²) in [6.07, 6.45) is -0.842. The largest absolute Gasteiger partial charge is 0.519 e. The zero-order valence-corrected chi connectivity index (χ0v) is 36.3. The molecule has 10 aromatic carbocycles. The SMILES string of the molecule is O=C(Oc1ccccc1-c1ccccc1C(c1ccccc1)(c1ccccc1)c1ccccc1)Oc1ccccc1-c1ccccc1C(c1ccccc1)(c1ccccc1)c1ccccc1. The molecule has 66 heavy (non-hydrogen) atoms. The first-order chi connectivity index (χ1) is 32.7. The van der Waals surface area contributed by atoms with Crippen molar-refractivity contribution in [2.75, 3.05) is 0 Å². The van der Waals surface area contributed by atoms with Crippen LogP contribution in [0.25, 0.3) is 22.3 Å². The molecule has 10 aromatic rings. The van der Waals surface area contributed by atoms with E-state index < -0.39 is 17.0 Å². The number of benzene rings is 10. The highest BCUT2D eigenvalue weighted by Gasteiger charge is 2.42. The van der Waals surface area contributed by atoms with E-state index >= 15 is 0 Å². The van der Waals surface area contributed by atoms with E-state index in [-0.39, 0.29) is 0 Å². The lowest BCUT2D eigenvalue weighted by Gasteiger charge is -2.38. The Hall–Kier alpha value is -8.53. The third kappa shape index (κ3) is 7.57. The topological polar surface area (TPSA) is 35.5 Å². The zero-order valence-electron chi connectivity index (χ0n) is 36.3. The van der Waals surface area contributed by atoms with Crippen molar-refractivity contribution in [1.82, 2.24) is 0 Å². The number of hydrogen-bond acceptors (Lipinski definition) is 3. The molecule has 316 valence electrons. The van der Waals surface area contributed by atoms with E-state index in [1.807, 2.05) is 97.1 Å². The average molecular weight is 851 g/mol. The van der Waals surface area contributed by atoms with E-state index in [9.17, 15) is 4.79 Å². The van der Waals surface area contributed by atoms with Crippen LogP contribution in [0.5, 0.6) is 11.5 Å². The lowest BCUT2D eigenvalue weighted by molar-refractivity contribution is 0.152. The molecule has 0 unspecified atom stereocenters. The molecule has 0 aliphatic rings. The molecule has 0 fully saturated rings. The van der Waals surface area contributed by atoms with E-state index in [2.05, 4.69) is 182 Å². The van der Waals surface area contributed by atoms with E-state index in [0.29, 0.717) is 11.5 Å². The van der Waals surface area contributed by atoms with Gasteiger partial charge in [0.25, 0.3) is 0 Å². The van der Waals surface area contributed by atoms with E-state index in [1.165, 1.54) is 0 Å². The van der Waals surface area contributed by atoms with Gasteiger partial charge >= 0.3 is 6.16 Å². The maximum absolute atomic E-state index is 14.4. The van der Waals surface area contributed by atoms with Gasteiger partial charge in [-0.05, 0) is 67.8 Å². The molecule has 0 atom stereocenters. The normalized spacial score (nSPS) is 11.4. The monoisotopic (exact) mass is 850 g/mol. The van der Waals surface area contributed by atoms with Gasteiger partial charge in [0, 0.05) is 11.1 Å². The highest BCUT2D eigenvalue weighted by Crippen LogP contribution is 2.51. The van der Waals surface area contributed by atoms with Crippen molar-refractivity contribution < 1.29 is 14.3 Å². The van der Waals surface area contributed by atoms with Crippen molar-refractivity contribution in [2.45, 2.75) is 10.8 Å². The molecule has 3 nitrogen and oxygen atoms in total. The molecule has 0 amide bonds. The third-order valence-electron chi connectivity index (χ3n) is 12.6. The van der Waals surface area contributed by atoms with E-state index in [1.54, 1.807) is 0 Å². The summed E-state index contributed by atoms with van der Waals surface area (Å²) >= 11 is 0. The highest BCUT2D eigenvalue weighted by molar-refractivity contribution is 5.83. The van der Waals surface area contributed by atoms with E-state index in [0.717, 1.165) is 66.8 Å². The second-order valence-electron chi connectivity index (χ2n) is 16.2. The van der Waals surface area contributed by atoms with Gasteiger partial charge in [0.15, 0.2) is 0 Å². The molecule has 0 heterocycles. The molecule has 0 aliphatic carbocycles. The molecule has 0 bridgehead atoms. The Bertz CT molecular complexity index is 2780. The van der Waals surface area contributed by atoms with Crippen LogP contribution in [0, 0.1) is 0 Å². The quantitative estimate of drug-likeness (QED) is 0.0698. The molecule has 0 radical (unpaired) electrons. The fraction of sp³-hybridized carbons (Fsp3) is 0.0317. The molecule has 0 saturated carbocycles. The number of carbonyl (C=O) groups excluding carboxylic acids is 1. The Labute approximate surface area is 386 Å². The summed E-state index contributed by atoms with van der Waals surface area (Å²) in [6.45, 7) is 0. The average Bonchev–Trinajstić information content (AvgIpc) is 3.39. The first-order valence-electron chi connectivity index (χ1n) is 22.3. The van der Waals surface area contributed by atoms with Crippen molar-refractivity contribution in [2.24, 2.45) is 0 Å². The Morgan fingerprint density at radius 1 is 0.242 bits per heavy atom. The standard InChI is InChI=1S/C63H46O3/c64-61(65-59-45-25-21-41-55(59)53-39-19-23-43-57(53)62(47-27-7-1-8-28-47,48-29-9-2-10-30-48)49-31-11-3-12-32-49)66-60-46-26-22-42-56(60)54-40-20-24-44-58(54)63(50-33-13-4-14-34-50,51-35-15-5-16-36-51)52-37-17-6-18-38-52/h1-46H. The zero-order chi connectivity index (χ0) is 44.6. The van der Waals surface area contributed by atoms with Gasteiger partial charge in [0.1, 0.15) is 11.5 Å². The van der Waals surface area contributed by atoms with Crippen molar-refractivity contribution >= 4 is 6.16 Å². The van der Waals surface area contributed by atoms with Gasteiger partial charge < -0.3 is 9.47 Å². The molecular formula is C63H46O3. The predicted octanol–water partition coefficient (Wildman–Crippen LogP) is 15.4. The highest BCUT2D eigenvalue weighted by atomic mass is 16.7. The molecule has 10 rings (SSSR count). The van der Waals surface area contributed by atoms with Crippen molar-refractivity contribution in [3.63, 3.8) is 0 Å². The minimum Gasteiger partial charge on any atom is -0.394 e. The van der Waals surface area contributed by atoms with Crippen molar-refractivity contribution in [1.29, 1.82) is 0 Å². The lowest BCUT2D eigenvalue weighted by Crippen LogP contribution is -2.31. The molecule has 0 aliphatic heterocycles. The molecule has 0 spiro atoms. The van der Waals surface area contributed by atoms with Crippen LogP contribution in [0.1, 0.15) is 44.5 Å². The fourth-order valence-electron chi connectivity index (χ4n) is 9.91. The summed E-state index contributed by atoms with van der Waals surface area (Å²) in [5, 5.41) is 0. The number of carbonyl (C=O) groups is 1. The molecule has 3 heteroatoms. The van der Waals surface area contributed by atoms with Crippen LogP contribution in [0.15, 0.2) is 279 Å². The summed E-state index contributed by atoms with van der Waals surface area (Å²) in [5.74, 6) is 0.763. The number of ether oxygens (including phenoxy) is 2. The van der Waals surface area contributed by atoms with Gasteiger partial charge in [0.2, 0.25) is 0 Å². The maximum atomic E-state index is 14.4. The summed E-state index contributed by atoms with van der Waals surface area (Å²) in [6, 6.07) is 95.9.